The maximum absolute atomic E-state index is 12.5. The Balaban J connectivity index is 1.38. The average Bonchev–Trinajstić information content (AvgIpc) is 3.10. The van der Waals surface area contributed by atoms with Crippen LogP contribution in [0.1, 0.15) is 16.0 Å². The summed E-state index contributed by atoms with van der Waals surface area (Å²) in [5.41, 5.74) is 2.23. The van der Waals surface area contributed by atoms with E-state index in [2.05, 4.69) is 10.3 Å². The fraction of sp³-hybridized carbons (Fsp3) is 0.200. The number of anilines is 1. The number of carbonyl (C=O) groups is 1. The number of nitrogens with one attached hydrogen (secondary N) is 1. The molecule has 4 nitrogen and oxygen atoms in total. The summed E-state index contributed by atoms with van der Waals surface area (Å²) in [6, 6.07) is 15.6. The van der Waals surface area contributed by atoms with Gasteiger partial charge in [-0.2, -0.15) is 0 Å². The minimum atomic E-state index is -0.200. The summed E-state index contributed by atoms with van der Waals surface area (Å²) in [7, 11) is 0. The molecule has 0 fully saturated rings. The summed E-state index contributed by atoms with van der Waals surface area (Å²) in [6.07, 6.45) is 3.26. The molecule has 1 N–H and O–H groups in total. The second-order valence-electron chi connectivity index (χ2n) is 6.24. The molecule has 1 aliphatic heterocycles. The zero-order valence-corrected chi connectivity index (χ0v) is 15.5. The van der Waals surface area contributed by atoms with Crippen LogP contribution in [0, 0.1) is 5.92 Å². The van der Waals surface area contributed by atoms with Crippen molar-refractivity contribution in [2.75, 3.05) is 11.9 Å². The van der Waals surface area contributed by atoms with Crippen molar-refractivity contribution >= 4 is 34.0 Å². The monoisotopic (exact) mass is 384 g/mol. The predicted octanol–water partition coefficient (Wildman–Crippen LogP) is 4.58. The smallest absolute Gasteiger partial charge is 0.233 e. The molecule has 2 aromatic carbocycles. The van der Waals surface area contributed by atoms with Crippen LogP contribution in [0.15, 0.2) is 54.7 Å². The Hall–Kier alpha value is -2.37. The van der Waals surface area contributed by atoms with Crippen LogP contribution in [0.3, 0.4) is 0 Å². The van der Waals surface area contributed by atoms with Gasteiger partial charge < -0.3 is 10.1 Å². The number of thiazole rings is 1. The molecule has 3 aromatic rings. The fourth-order valence-electron chi connectivity index (χ4n) is 2.95. The molecule has 4 rings (SSSR count). The van der Waals surface area contributed by atoms with E-state index in [0.717, 1.165) is 33.2 Å². The molecule has 2 heterocycles. The Morgan fingerprint density at radius 1 is 1.23 bits per heavy atom. The molecule has 1 atom stereocenters. The van der Waals surface area contributed by atoms with E-state index in [4.69, 9.17) is 16.3 Å². The molecule has 0 radical (unpaired) electrons. The number of aromatic nitrogens is 1. The van der Waals surface area contributed by atoms with E-state index in [1.807, 2.05) is 54.7 Å². The van der Waals surface area contributed by atoms with Crippen molar-refractivity contribution in [3.05, 3.63) is 75.8 Å². The lowest BCUT2D eigenvalue weighted by Gasteiger charge is -2.24. The van der Waals surface area contributed by atoms with E-state index in [1.54, 1.807) is 0 Å². The number of benzene rings is 2. The Morgan fingerprint density at radius 2 is 2.04 bits per heavy atom. The summed E-state index contributed by atoms with van der Waals surface area (Å²) in [6.45, 7) is 0.395. The summed E-state index contributed by atoms with van der Waals surface area (Å²) in [4.78, 5) is 18.0. The molecule has 1 amide bonds. The molecule has 0 bridgehead atoms. The van der Waals surface area contributed by atoms with E-state index < -0.39 is 0 Å². The molecule has 0 aliphatic carbocycles. The molecule has 132 valence electrons. The topological polar surface area (TPSA) is 51.2 Å². The quantitative estimate of drug-likeness (QED) is 0.716. The van der Waals surface area contributed by atoms with Gasteiger partial charge in [-0.05, 0) is 35.7 Å². The second kappa shape index (κ2) is 7.48. The van der Waals surface area contributed by atoms with Gasteiger partial charge in [-0.3, -0.25) is 4.79 Å². The van der Waals surface area contributed by atoms with Crippen molar-refractivity contribution in [3.63, 3.8) is 0 Å². The van der Waals surface area contributed by atoms with Crippen LogP contribution in [0.2, 0.25) is 5.02 Å². The lowest BCUT2D eigenvalue weighted by atomic mass is 9.96. The summed E-state index contributed by atoms with van der Waals surface area (Å²) >= 11 is 7.41. The van der Waals surface area contributed by atoms with Crippen molar-refractivity contribution in [2.45, 2.75) is 12.8 Å². The van der Waals surface area contributed by atoms with Crippen molar-refractivity contribution in [3.8, 4) is 5.75 Å². The van der Waals surface area contributed by atoms with Gasteiger partial charge in [-0.15, -0.1) is 11.3 Å². The SMILES string of the molecule is O=C(Nc1ncc(Cc2ccc(Cl)cc2)s1)[C@@H]1COc2ccccc2C1. The Kier molecular flexibility index (Phi) is 4.91. The van der Waals surface area contributed by atoms with Gasteiger partial charge in [0.05, 0.1) is 5.92 Å². The number of nitrogens with zero attached hydrogens (tertiary/aromatic N) is 1. The predicted molar refractivity (Wildman–Crippen MR) is 104 cm³/mol. The highest BCUT2D eigenvalue weighted by molar-refractivity contribution is 7.15. The summed E-state index contributed by atoms with van der Waals surface area (Å²) in [5, 5.41) is 4.27. The normalized spacial score (nSPS) is 15.8. The maximum Gasteiger partial charge on any atom is 0.233 e. The number of fused-ring (bicyclic) bond motifs is 1. The van der Waals surface area contributed by atoms with E-state index in [0.29, 0.717) is 18.2 Å². The molecule has 1 aliphatic rings. The number of ether oxygens (including phenoxy) is 1. The van der Waals surface area contributed by atoms with Gasteiger partial charge in [0.2, 0.25) is 5.91 Å². The summed E-state index contributed by atoms with van der Waals surface area (Å²) in [5.74, 6) is 0.622. The number of hydrogen-bond acceptors (Lipinski definition) is 4. The Labute approximate surface area is 160 Å². The van der Waals surface area contributed by atoms with E-state index >= 15 is 0 Å². The second-order valence-corrected chi connectivity index (χ2v) is 7.80. The maximum atomic E-state index is 12.5. The molecule has 6 heteroatoms. The van der Waals surface area contributed by atoms with Gasteiger partial charge in [0.15, 0.2) is 5.13 Å². The minimum absolute atomic E-state index is 0.0492. The van der Waals surface area contributed by atoms with Crippen molar-refractivity contribution in [1.29, 1.82) is 0 Å². The van der Waals surface area contributed by atoms with Gasteiger partial charge in [0.1, 0.15) is 12.4 Å². The highest BCUT2D eigenvalue weighted by atomic mass is 35.5. The molecular weight excluding hydrogens is 368 g/mol. The number of carbonyl (C=O) groups excluding carboxylic acids is 1. The number of rotatable bonds is 4. The van der Waals surface area contributed by atoms with Crippen LogP contribution in [0.25, 0.3) is 0 Å². The van der Waals surface area contributed by atoms with Gasteiger partial charge in [-0.25, -0.2) is 4.98 Å². The first kappa shape index (κ1) is 17.1. The van der Waals surface area contributed by atoms with Gasteiger partial charge in [0, 0.05) is 22.5 Å². The number of halogens is 1. The zero-order valence-electron chi connectivity index (χ0n) is 13.9. The largest absolute Gasteiger partial charge is 0.492 e. The Morgan fingerprint density at radius 3 is 2.88 bits per heavy atom. The van der Waals surface area contributed by atoms with Crippen LogP contribution < -0.4 is 10.1 Å². The molecular formula is C20H17ClN2O2S. The highest BCUT2D eigenvalue weighted by Gasteiger charge is 2.26. The zero-order chi connectivity index (χ0) is 17.9. The molecule has 1 aromatic heterocycles. The molecule has 26 heavy (non-hydrogen) atoms. The minimum Gasteiger partial charge on any atom is -0.492 e. The fourth-order valence-corrected chi connectivity index (χ4v) is 3.93. The third kappa shape index (κ3) is 3.89. The summed E-state index contributed by atoms with van der Waals surface area (Å²) < 4.78 is 5.70. The molecule has 0 saturated heterocycles. The van der Waals surface area contributed by atoms with Gasteiger partial charge in [0.25, 0.3) is 0 Å². The van der Waals surface area contributed by atoms with E-state index in [-0.39, 0.29) is 11.8 Å². The van der Waals surface area contributed by atoms with Gasteiger partial charge in [-0.1, -0.05) is 41.9 Å². The molecule has 0 unspecified atom stereocenters. The number of amides is 1. The first-order valence-electron chi connectivity index (χ1n) is 8.38. The van der Waals surface area contributed by atoms with Gasteiger partial charge >= 0.3 is 0 Å². The van der Waals surface area contributed by atoms with Crippen molar-refractivity contribution in [1.82, 2.24) is 4.98 Å². The lowest BCUT2D eigenvalue weighted by Crippen LogP contribution is -2.32. The molecule has 0 spiro atoms. The average molecular weight is 385 g/mol. The van der Waals surface area contributed by atoms with E-state index in [1.165, 1.54) is 11.3 Å². The molecule has 0 saturated carbocycles. The number of hydrogen-bond donors (Lipinski definition) is 1. The highest BCUT2D eigenvalue weighted by Crippen LogP contribution is 2.28. The van der Waals surface area contributed by atoms with E-state index in [9.17, 15) is 4.79 Å². The lowest BCUT2D eigenvalue weighted by molar-refractivity contribution is -0.121. The number of para-hydroxylation sites is 1. The Bertz CT molecular complexity index is 924. The first-order chi connectivity index (χ1) is 12.7. The third-order valence-corrected chi connectivity index (χ3v) is 5.49. The van der Waals surface area contributed by atoms with Crippen LogP contribution in [-0.4, -0.2) is 17.5 Å². The van der Waals surface area contributed by atoms with Crippen molar-refractivity contribution < 1.29 is 9.53 Å². The third-order valence-electron chi connectivity index (χ3n) is 4.33. The van der Waals surface area contributed by atoms with Crippen LogP contribution >= 0.6 is 22.9 Å². The standard InChI is InChI=1S/C20H17ClN2O2S/c21-16-7-5-13(6-8-16)9-17-11-22-20(26-17)23-19(24)15-10-14-3-1-2-4-18(14)25-12-15/h1-8,11,15H,9-10,12H2,(H,22,23,24)/t15-/m0/s1. The van der Waals surface area contributed by atoms with Crippen molar-refractivity contribution in [2.24, 2.45) is 5.92 Å². The van der Waals surface area contributed by atoms with Crippen LogP contribution in [-0.2, 0) is 17.6 Å². The first-order valence-corrected chi connectivity index (χ1v) is 9.57. The van der Waals surface area contributed by atoms with Crippen LogP contribution in [0.5, 0.6) is 5.75 Å². The van der Waals surface area contributed by atoms with Crippen LogP contribution in [0.4, 0.5) is 5.13 Å².